The van der Waals surface area contributed by atoms with Crippen molar-refractivity contribution < 1.29 is 0 Å². The number of nitrogens with zero attached hydrogens (tertiary/aromatic N) is 2. The van der Waals surface area contributed by atoms with Crippen LogP contribution in [0.5, 0.6) is 0 Å². The lowest BCUT2D eigenvalue weighted by molar-refractivity contribution is 0.0421. The predicted octanol–water partition coefficient (Wildman–Crippen LogP) is 2.01. The summed E-state index contributed by atoms with van der Waals surface area (Å²) in [5.74, 6) is 1.91. The molecule has 2 saturated carbocycles. The van der Waals surface area contributed by atoms with Crippen LogP contribution in [0.25, 0.3) is 0 Å². The molecule has 0 aromatic rings. The van der Waals surface area contributed by atoms with Crippen molar-refractivity contribution in [2.24, 2.45) is 22.1 Å². The Kier molecular flexibility index (Phi) is 0.846. The SMILES string of the molecule is C1C[C@H]2[C@@H]1[C@H]1CC[C@H]2N=N1. The minimum Gasteiger partial charge on any atom is -0.190 e. The Bertz CT molecular complexity index is 168. The van der Waals surface area contributed by atoms with Gasteiger partial charge in [-0.2, -0.15) is 10.2 Å². The van der Waals surface area contributed by atoms with Gasteiger partial charge in [-0.25, -0.2) is 0 Å². The molecule has 0 radical (unpaired) electrons. The second kappa shape index (κ2) is 1.60. The maximum Gasteiger partial charge on any atom is 0.0740 e. The number of rotatable bonds is 0. The van der Waals surface area contributed by atoms with Gasteiger partial charge in [-0.05, 0) is 37.5 Å². The Morgan fingerprint density at radius 2 is 1.20 bits per heavy atom. The van der Waals surface area contributed by atoms with Crippen molar-refractivity contribution in [2.75, 3.05) is 0 Å². The van der Waals surface area contributed by atoms with Gasteiger partial charge in [0.1, 0.15) is 0 Å². The lowest BCUT2D eigenvalue weighted by Gasteiger charge is -2.49. The average Bonchev–Trinajstić information content (AvgIpc) is 1.88. The van der Waals surface area contributed by atoms with Crippen molar-refractivity contribution in [2.45, 2.75) is 37.8 Å². The highest BCUT2D eigenvalue weighted by molar-refractivity contribution is 5.02. The van der Waals surface area contributed by atoms with Crippen molar-refractivity contribution in [3.8, 4) is 0 Å². The highest BCUT2D eigenvalue weighted by Crippen LogP contribution is 2.50. The fraction of sp³-hybridized carbons (Fsp3) is 1.00. The highest BCUT2D eigenvalue weighted by Gasteiger charge is 2.48. The fourth-order valence-electron chi connectivity index (χ4n) is 2.73. The second-order valence-corrected chi connectivity index (χ2v) is 3.85. The minimum atomic E-state index is 0.642. The maximum atomic E-state index is 4.31. The average molecular weight is 136 g/mol. The number of fused-ring (bicyclic) bond motifs is 1. The maximum absolute atomic E-state index is 4.31. The van der Waals surface area contributed by atoms with Gasteiger partial charge in [-0.1, -0.05) is 0 Å². The van der Waals surface area contributed by atoms with Crippen molar-refractivity contribution in [1.29, 1.82) is 0 Å². The first-order valence-corrected chi connectivity index (χ1v) is 4.35. The predicted molar refractivity (Wildman–Crippen MR) is 37.9 cm³/mol. The van der Waals surface area contributed by atoms with E-state index in [9.17, 15) is 0 Å². The zero-order valence-electron chi connectivity index (χ0n) is 6.03. The molecule has 0 saturated heterocycles. The Labute approximate surface area is 60.7 Å². The molecule has 2 heterocycles. The molecule has 0 amide bonds. The third-order valence-corrected chi connectivity index (χ3v) is 3.49. The summed E-state index contributed by atoms with van der Waals surface area (Å²) >= 11 is 0. The molecule has 2 bridgehead atoms. The molecule has 2 nitrogen and oxygen atoms in total. The molecular formula is C8H12N2. The summed E-state index contributed by atoms with van der Waals surface area (Å²) in [5, 5.41) is 8.61. The molecule has 0 unspecified atom stereocenters. The van der Waals surface area contributed by atoms with Crippen LogP contribution in [0.2, 0.25) is 0 Å². The van der Waals surface area contributed by atoms with Gasteiger partial charge < -0.3 is 0 Å². The van der Waals surface area contributed by atoms with E-state index < -0.39 is 0 Å². The zero-order valence-corrected chi connectivity index (χ0v) is 6.03. The molecule has 2 aliphatic heterocycles. The van der Waals surface area contributed by atoms with E-state index in [-0.39, 0.29) is 0 Å². The van der Waals surface area contributed by atoms with E-state index >= 15 is 0 Å². The summed E-state index contributed by atoms with van der Waals surface area (Å²) in [6.07, 6.45) is 5.53. The zero-order chi connectivity index (χ0) is 6.55. The molecular weight excluding hydrogens is 124 g/mol. The van der Waals surface area contributed by atoms with E-state index in [0.29, 0.717) is 12.1 Å². The summed E-state index contributed by atoms with van der Waals surface area (Å²) in [5.41, 5.74) is 0. The van der Waals surface area contributed by atoms with Gasteiger partial charge in [0.2, 0.25) is 0 Å². The standard InChI is InChI=1S/C8H12N2/c1-2-6-5(1)7-3-4-8(6)10-9-7/h5-8H,1-4H2/t5-,6+,7-,8-/m1/s1. The quantitative estimate of drug-likeness (QED) is 0.486. The van der Waals surface area contributed by atoms with E-state index in [1.165, 1.54) is 25.7 Å². The molecule has 2 aliphatic carbocycles. The third-order valence-electron chi connectivity index (χ3n) is 3.49. The van der Waals surface area contributed by atoms with Crippen molar-refractivity contribution in [3.05, 3.63) is 0 Å². The van der Waals surface area contributed by atoms with Crippen LogP contribution < -0.4 is 0 Å². The van der Waals surface area contributed by atoms with Crippen molar-refractivity contribution >= 4 is 0 Å². The van der Waals surface area contributed by atoms with E-state index in [1.54, 1.807) is 0 Å². The summed E-state index contributed by atoms with van der Waals surface area (Å²) in [6.45, 7) is 0. The van der Waals surface area contributed by atoms with E-state index in [4.69, 9.17) is 0 Å². The molecule has 4 aliphatic rings. The van der Waals surface area contributed by atoms with Crippen LogP contribution in [0, 0.1) is 11.8 Å². The molecule has 10 heavy (non-hydrogen) atoms. The van der Waals surface area contributed by atoms with E-state index in [0.717, 1.165) is 11.8 Å². The monoisotopic (exact) mass is 136 g/mol. The van der Waals surface area contributed by atoms with E-state index in [1.807, 2.05) is 0 Å². The van der Waals surface area contributed by atoms with Crippen LogP contribution in [-0.4, -0.2) is 12.1 Å². The van der Waals surface area contributed by atoms with Crippen molar-refractivity contribution in [1.82, 2.24) is 0 Å². The number of hydrogen-bond acceptors (Lipinski definition) is 2. The molecule has 0 aromatic heterocycles. The minimum absolute atomic E-state index is 0.642. The van der Waals surface area contributed by atoms with E-state index in [2.05, 4.69) is 10.2 Å². The van der Waals surface area contributed by atoms with Crippen molar-refractivity contribution in [3.63, 3.8) is 0 Å². The number of azo groups is 1. The summed E-state index contributed by atoms with van der Waals surface area (Å²) in [6, 6.07) is 1.28. The molecule has 54 valence electrons. The molecule has 0 spiro atoms. The van der Waals surface area contributed by atoms with Crippen LogP contribution in [0.3, 0.4) is 0 Å². The topological polar surface area (TPSA) is 24.7 Å². The first-order valence-electron chi connectivity index (χ1n) is 4.35. The highest BCUT2D eigenvalue weighted by atomic mass is 15.2. The lowest BCUT2D eigenvalue weighted by atomic mass is 9.60. The van der Waals surface area contributed by atoms with Gasteiger partial charge in [-0.15, -0.1) is 0 Å². The third kappa shape index (κ3) is 0.468. The Hall–Kier alpha value is -0.400. The summed E-state index contributed by atoms with van der Waals surface area (Å²) < 4.78 is 0. The van der Waals surface area contributed by atoms with Crippen LogP contribution >= 0.6 is 0 Å². The first-order chi connectivity index (χ1) is 4.95. The summed E-state index contributed by atoms with van der Waals surface area (Å²) in [7, 11) is 0. The molecule has 0 aromatic carbocycles. The van der Waals surface area contributed by atoms with Gasteiger partial charge >= 0.3 is 0 Å². The Morgan fingerprint density at radius 3 is 1.40 bits per heavy atom. The van der Waals surface area contributed by atoms with Gasteiger partial charge in [-0.3, -0.25) is 0 Å². The van der Waals surface area contributed by atoms with Crippen LogP contribution in [-0.2, 0) is 0 Å². The molecule has 2 fully saturated rings. The lowest BCUT2D eigenvalue weighted by Crippen LogP contribution is -2.48. The first kappa shape index (κ1) is 5.28. The van der Waals surface area contributed by atoms with Gasteiger partial charge in [0.15, 0.2) is 0 Å². The molecule has 0 N–H and O–H groups in total. The fourth-order valence-corrected chi connectivity index (χ4v) is 2.73. The van der Waals surface area contributed by atoms with Gasteiger partial charge in [0, 0.05) is 0 Å². The number of hydrogen-bond donors (Lipinski definition) is 0. The Balaban J connectivity index is 1.98. The normalized spacial score (nSPS) is 56.0. The molecule has 2 heteroatoms. The second-order valence-electron chi connectivity index (χ2n) is 3.85. The van der Waals surface area contributed by atoms with Crippen LogP contribution in [0.15, 0.2) is 10.2 Å². The van der Waals surface area contributed by atoms with Crippen LogP contribution in [0.4, 0.5) is 0 Å². The smallest absolute Gasteiger partial charge is 0.0740 e. The molecule has 4 rings (SSSR count). The van der Waals surface area contributed by atoms with Gasteiger partial charge in [0.05, 0.1) is 12.1 Å². The Morgan fingerprint density at radius 1 is 0.700 bits per heavy atom. The summed E-state index contributed by atoms with van der Waals surface area (Å²) in [4.78, 5) is 0. The van der Waals surface area contributed by atoms with Crippen LogP contribution in [0.1, 0.15) is 25.7 Å². The van der Waals surface area contributed by atoms with Gasteiger partial charge in [0.25, 0.3) is 0 Å². The molecule has 4 atom stereocenters. The largest absolute Gasteiger partial charge is 0.190 e.